The van der Waals surface area contributed by atoms with Gasteiger partial charge in [0.2, 0.25) is 0 Å². The number of carbonyl (C=O) groups is 1. The van der Waals surface area contributed by atoms with Gasteiger partial charge >= 0.3 is 5.97 Å². The average Bonchev–Trinajstić information content (AvgIpc) is 3.42. The maximum absolute atomic E-state index is 11.6. The largest absolute Gasteiger partial charge is 0.457 e. The molecule has 0 N–H and O–H groups in total. The van der Waals surface area contributed by atoms with Gasteiger partial charge in [0.25, 0.3) is 0 Å². The van der Waals surface area contributed by atoms with Crippen molar-refractivity contribution >= 4 is 5.97 Å². The third-order valence-corrected chi connectivity index (χ3v) is 6.19. The van der Waals surface area contributed by atoms with E-state index in [1.165, 1.54) is 32.6 Å². The van der Waals surface area contributed by atoms with Crippen LogP contribution in [0.5, 0.6) is 0 Å². The molecule has 1 aromatic carbocycles. The summed E-state index contributed by atoms with van der Waals surface area (Å²) >= 11 is 0. The van der Waals surface area contributed by atoms with Crippen LogP contribution in [0.25, 0.3) is 0 Å². The fourth-order valence-corrected chi connectivity index (χ4v) is 4.53. The Labute approximate surface area is 193 Å². The van der Waals surface area contributed by atoms with Crippen molar-refractivity contribution in [1.82, 2.24) is 40.4 Å². The topological polar surface area (TPSA) is 114 Å². The van der Waals surface area contributed by atoms with Gasteiger partial charge in [0.05, 0.1) is 5.92 Å². The fraction of sp³-hybridized carbons (Fsp3) is 0.609. The van der Waals surface area contributed by atoms with Crippen LogP contribution in [-0.2, 0) is 29.0 Å². The summed E-state index contributed by atoms with van der Waals surface area (Å²) in [5, 5.41) is 23.6. The number of benzene rings is 1. The van der Waals surface area contributed by atoms with E-state index >= 15 is 0 Å². The van der Waals surface area contributed by atoms with Gasteiger partial charge in [-0.15, -0.1) is 10.2 Å². The first-order chi connectivity index (χ1) is 16.2. The van der Waals surface area contributed by atoms with Crippen molar-refractivity contribution in [2.24, 2.45) is 0 Å². The van der Waals surface area contributed by atoms with Crippen molar-refractivity contribution in [3.63, 3.8) is 0 Å². The average molecular weight is 453 g/mol. The Bertz CT molecular complexity index is 980. The standard InChI is InChI=1S/C16H20N4O2.C7H12N4/c1-12(21)22-15(13-8-4-2-5-9-13)14-10-6-3-7-11-20-16(14)17-18-19-20;1-2-4-6-11-7(5-3-1)8-9-10-11/h2,4-5,8-9,14-15H,3,6-7,10-11H2,1H3;1-6H2. The number of nitrogens with zero attached hydrogens (tertiary/aromatic N) is 8. The number of tetrazole rings is 2. The molecule has 0 aliphatic carbocycles. The zero-order valence-electron chi connectivity index (χ0n) is 19.2. The molecule has 176 valence electrons. The molecule has 0 saturated heterocycles. The maximum atomic E-state index is 11.6. The summed E-state index contributed by atoms with van der Waals surface area (Å²) in [6, 6.07) is 9.84. The van der Waals surface area contributed by atoms with E-state index in [1.54, 1.807) is 0 Å². The van der Waals surface area contributed by atoms with E-state index in [0.29, 0.717) is 0 Å². The van der Waals surface area contributed by atoms with Crippen LogP contribution in [0.1, 0.15) is 87.5 Å². The Kier molecular flexibility index (Phi) is 8.10. The summed E-state index contributed by atoms with van der Waals surface area (Å²) in [6.07, 6.45) is 10.0. The lowest BCUT2D eigenvalue weighted by atomic mass is 9.89. The molecule has 2 aliphatic rings. The lowest BCUT2D eigenvalue weighted by Crippen LogP contribution is -2.22. The molecular formula is C23H32N8O2. The van der Waals surface area contributed by atoms with Gasteiger partial charge in [-0.25, -0.2) is 9.36 Å². The monoisotopic (exact) mass is 452 g/mol. The first-order valence-corrected chi connectivity index (χ1v) is 12.0. The lowest BCUT2D eigenvalue weighted by molar-refractivity contribution is -0.148. The van der Waals surface area contributed by atoms with E-state index in [9.17, 15) is 4.79 Å². The molecule has 0 bridgehead atoms. The van der Waals surface area contributed by atoms with Crippen molar-refractivity contribution in [2.75, 3.05) is 0 Å². The van der Waals surface area contributed by atoms with E-state index in [-0.39, 0.29) is 18.0 Å². The molecule has 0 radical (unpaired) electrons. The van der Waals surface area contributed by atoms with E-state index in [1.807, 2.05) is 39.7 Å². The Balaban J connectivity index is 0.000000196. The minimum absolute atomic E-state index is 0.0124. The van der Waals surface area contributed by atoms with Crippen LogP contribution in [0.15, 0.2) is 30.3 Å². The van der Waals surface area contributed by atoms with E-state index in [2.05, 4.69) is 31.1 Å². The Morgan fingerprint density at radius 1 is 0.909 bits per heavy atom. The second-order valence-electron chi connectivity index (χ2n) is 8.64. The molecule has 0 fully saturated rings. The number of carbonyl (C=O) groups excluding carboxylic acids is 1. The van der Waals surface area contributed by atoms with Gasteiger partial charge in [0.15, 0.2) is 11.6 Å². The van der Waals surface area contributed by atoms with E-state index in [0.717, 1.165) is 62.4 Å². The van der Waals surface area contributed by atoms with Crippen molar-refractivity contribution < 1.29 is 9.53 Å². The van der Waals surface area contributed by atoms with Crippen LogP contribution >= 0.6 is 0 Å². The predicted molar refractivity (Wildman–Crippen MR) is 120 cm³/mol. The second kappa shape index (κ2) is 11.6. The van der Waals surface area contributed by atoms with Crippen LogP contribution in [0.3, 0.4) is 0 Å². The summed E-state index contributed by atoms with van der Waals surface area (Å²) in [5.74, 6) is 1.58. The molecule has 10 nitrogen and oxygen atoms in total. The van der Waals surface area contributed by atoms with Gasteiger partial charge in [0, 0.05) is 26.4 Å². The molecular weight excluding hydrogens is 420 g/mol. The highest BCUT2D eigenvalue weighted by Gasteiger charge is 2.32. The van der Waals surface area contributed by atoms with Crippen molar-refractivity contribution in [1.29, 1.82) is 0 Å². The van der Waals surface area contributed by atoms with Crippen LogP contribution in [0.2, 0.25) is 0 Å². The molecule has 10 heteroatoms. The van der Waals surface area contributed by atoms with Crippen LogP contribution in [0.4, 0.5) is 0 Å². The summed E-state index contributed by atoms with van der Waals surface area (Å²) in [4.78, 5) is 11.6. The number of rotatable bonds is 3. The third kappa shape index (κ3) is 6.21. The molecule has 2 aliphatic heterocycles. The van der Waals surface area contributed by atoms with Gasteiger partial charge < -0.3 is 4.74 Å². The van der Waals surface area contributed by atoms with Gasteiger partial charge in [-0.2, -0.15) is 0 Å². The number of aromatic nitrogens is 8. The highest BCUT2D eigenvalue weighted by Crippen LogP contribution is 2.38. The fourth-order valence-electron chi connectivity index (χ4n) is 4.53. The Morgan fingerprint density at radius 2 is 1.61 bits per heavy atom. The normalized spacial score (nSPS) is 19.2. The molecule has 2 atom stereocenters. The highest BCUT2D eigenvalue weighted by atomic mass is 16.5. The highest BCUT2D eigenvalue weighted by molar-refractivity contribution is 5.66. The number of ether oxygens (including phenoxy) is 1. The summed E-state index contributed by atoms with van der Waals surface area (Å²) in [7, 11) is 0. The molecule has 0 amide bonds. The summed E-state index contributed by atoms with van der Waals surface area (Å²) < 4.78 is 9.43. The number of esters is 1. The summed E-state index contributed by atoms with van der Waals surface area (Å²) in [5.41, 5.74) is 0.984. The number of hydrogen-bond donors (Lipinski definition) is 0. The molecule has 3 aromatic rings. The minimum atomic E-state index is -0.346. The third-order valence-electron chi connectivity index (χ3n) is 6.19. The second-order valence-corrected chi connectivity index (χ2v) is 8.64. The van der Waals surface area contributed by atoms with Crippen LogP contribution in [0, 0.1) is 0 Å². The van der Waals surface area contributed by atoms with Crippen molar-refractivity contribution in [3.8, 4) is 0 Å². The molecule has 33 heavy (non-hydrogen) atoms. The van der Waals surface area contributed by atoms with Gasteiger partial charge in [-0.3, -0.25) is 4.79 Å². The van der Waals surface area contributed by atoms with Gasteiger partial charge in [0.1, 0.15) is 6.10 Å². The van der Waals surface area contributed by atoms with Crippen LogP contribution < -0.4 is 0 Å². The molecule has 0 saturated carbocycles. The van der Waals surface area contributed by atoms with E-state index in [4.69, 9.17) is 4.74 Å². The Morgan fingerprint density at radius 3 is 2.42 bits per heavy atom. The smallest absolute Gasteiger partial charge is 0.303 e. The quantitative estimate of drug-likeness (QED) is 0.555. The van der Waals surface area contributed by atoms with Crippen molar-refractivity contribution in [2.45, 2.75) is 89.8 Å². The molecule has 2 unspecified atom stereocenters. The van der Waals surface area contributed by atoms with Crippen molar-refractivity contribution in [3.05, 3.63) is 47.5 Å². The van der Waals surface area contributed by atoms with Crippen LogP contribution in [-0.4, -0.2) is 46.4 Å². The lowest BCUT2D eigenvalue weighted by Gasteiger charge is -2.27. The number of aryl methyl sites for hydroxylation is 3. The maximum Gasteiger partial charge on any atom is 0.303 e. The van der Waals surface area contributed by atoms with E-state index < -0.39 is 0 Å². The molecule has 2 aromatic heterocycles. The first kappa shape index (κ1) is 23.0. The number of fused-ring (bicyclic) bond motifs is 2. The first-order valence-electron chi connectivity index (χ1n) is 12.0. The molecule has 5 rings (SSSR count). The van der Waals surface area contributed by atoms with Gasteiger partial charge in [-0.1, -0.05) is 56.0 Å². The predicted octanol–water partition coefficient (Wildman–Crippen LogP) is 3.42. The molecule has 0 spiro atoms. The Hall–Kier alpha value is -3.17. The SMILES string of the molecule is C1CCCn2nnnc2CC1.CC(=O)OC(c1ccccc1)C1CCCCCn2nnnc21. The molecule has 4 heterocycles. The number of hydrogen-bond acceptors (Lipinski definition) is 8. The zero-order valence-corrected chi connectivity index (χ0v) is 19.2. The zero-order chi connectivity index (χ0) is 22.9. The van der Waals surface area contributed by atoms with Gasteiger partial charge in [-0.05, 0) is 52.1 Å². The minimum Gasteiger partial charge on any atom is -0.457 e. The summed E-state index contributed by atoms with van der Waals surface area (Å²) in [6.45, 7) is 3.27.